The third kappa shape index (κ3) is 4.50. The van der Waals surface area contributed by atoms with Gasteiger partial charge < -0.3 is 19.7 Å². The highest BCUT2D eigenvalue weighted by Crippen LogP contribution is 2.44. The molecule has 8 heteroatoms. The zero-order valence-electron chi connectivity index (χ0n) is 18.6. The summed E-state index contributed by atoms with van der Waals surface area (Å²) in [5, 5.41) is 12.5. The SMILES string of the molecule is O=C(NC(Cc1cccn1-c1cccnc1Cl)C(=O)O)OCC1c2ccccc2-c2ccccc21. The van der Waals surface area contributed by atoms with Gasteiger partial charge in [-0.15, -0.1) is 0 Å². The van der Waals surface area contributed by atoms with Crippen molar-refractivity contribution in [2.75, 3.05) is 6.61 Å². The molecule has 7 nitrogen and oxygen atoms in total. The molecule has 1 atom stereocenters. The van der Waals surface area contributed by atoms with Crippen molar-refractivity contribution >= 4 is 23.7 Å². The summed E-state index contributed by atoms with van der Waals surface area (Å²) in [6, 6.07) is 22.0. The molecular formula is C27H22ClN3O4. The second-order valence-electron chi connectivity index (χ2n) is 8.25. The Balaban J connectivity index is 1.28. The van der Waals surface area contributed by atoms with E-state index in [4.69, 9.17) is 16.3 Å². The average molecular weight is 488 g/mol. The Bertz CT molecular complexity index is 1350. The van der Waals surface area contributed by atoms with Crippen molar-refractivity contribution in [2.45, 2.75) is 18.4 Å². The number of carboxylic acids is 1. The molecule has 1 aliphatic carbocycles. The second-order valence-corrected chi connectivity index (χ2v) is 8.61. The lowest BCUT2D eigenvalue weighted by Crippen LogP contribution is -2.43. The zero-order valence-corrected chi connectivity index (χ0v) is 19.4. The van der Waals surface area contributed by atoms with Crippen LogP contribution >= 0.6 is 11.6 Å². The van der Waals surface area contributed by atoms with E-state index in [1.54, 1.807) is 41.2 Å². The predicted molar refractivity (Wildman–Crippen MR) is 132 cm³/mol. The van der Waals surface area contributed by atoms with E-state index in [9.17, 15) is 14.7 Å². The highest BCUT2D eigenvalue weighted by atomic mass is 35.5. The molecule has 0 saturated carbocycles. The summed E-state index contributed by atoms with van der Waals surface area (Å²) in [6.07, 6.45) is 2.60. The molecule has 0 spiro atoms. The maximum absolute atomic E-state index is 12.6. The van der Waals surface area contributed by atoms with Crippen LogP contribution < -0.4 is 5.32 Å². The van der Waals surface area contributed by atoms with E-state index >= 15 is 0 Å². The van der Waals surface area contributed by atoms with Gasteiger partial charge in [0.15, 0.2) is 5.15 Å². The number of benzene rings is 2. The number of aromatic nitrogens is 2. The molecule has 2 aromatic heterocycles. The molecule has 0 radical (unpaired) electrons. The second kappa shape index (κ2) is 9.64. The number of carbonyl (C=O) groups excluding carboxylic acids is 1. The lowest BCUT2D eigenvalue weighted by Gasteiger charge is -2.18. The van der Waals surface area contributed by atoms with Crippen molar-refractivity contribution in [1.29, 1.82) is 0 Å². The molecular weight excluding hydrogens is 466 g/mol. The number of hydrogen-bond acceptors (Lipinski definition) is 4. The van der Waals surface area contributed by atoms with E-state index in [-0.39, 0.29) is 18.9 Å². The van der Waals surface area contributed by atoms with Gasteiger partial charge in [-0.1, -0.05) is 60.1 Å². The summed E-state index contributed by atoms with van der Waals surface area (Å²) < 4.78 is 7.28. The fourth-order valence-corrected chi connectivity index (χ4v) is 4.78. The Morgan fingerprint density at radius 3 is 2.34 bits per heavy atom. The molecule has 1 aliphatic rings. The van der Waals surface area contributed by atoms with Gasteiger partial charge in [0.2, 0.25) is 0 Å². The molecule has 176 valence electrons. The Morgan fingerprint density at radius 1 is 1.00 bits per heavy atom. The van der Waals surface area contributed by atoms with E-state index in [2.05, 4.69) is 22.4 Å². The lowest BCUT2D eigenvalue weighted by atomic mass is 9.98. The number of ether oxygens (including phenoxy) is 1. The van der Waals surface area contributed by atoms with Crippen LogP contribution in [0.15, 0.2) is 85.2 Å². The third-order valence-electron chi connectivity index (χ3n) is 6.18. The van der Waals surface area contributed by atoms with E-state index in [0.29, 0.717) is 16.5 Å². The molecule has 2 heterocycles. The normalized spacial score (nSPS) is 13.1. The molecule has 0 aliphatic heterocycles. The Labute approximate surface area is 207 Å². The van der Waals surface area contributed by atoms with Crippen LogP contribution in [-0.4, -0.2) is 39.4 Å². The smallest absolute Gasteiger partial charge is 0.407 e. The molecule has 1 unspecified atom stereocenters. The van der Waals surface area contributed by atoms with Crippen molar-refractivity contribution in [1.82, 2.24) is 14.9 Å². The molecule has 5 rings (SSSR count). The number of nitrogens with zero attached hydrogens (tertiary/aromatic N) is 2. The first-order valence-electron chi connectivity index (χ1n) is 11.1. The van der Waals surface area contributed by atoms with Crippen molar-refractivity contribution in [3.05, 3.63) is 107 Å². The van der Waals surface area contributed by atoms with Gasteiger partial charge in [-0.3, -0.25) is 0 Å². The number of carbonyl (C=O) groups is 2. The molecule has 35 heavy (non-hydrogen) atoms. The largest absolute Gasteiger partial charge is 0.480 e. The number of rotatable bonds is 7. The minimum absolute atomic E-state index is 0.0394. The van der Waals surface area contributed by atoms with Gasteiger partial charge in [0, 0.05) is 30.4 Å². The number of alkyl carbamates (subject to hydrolysis) is 1. The van der Waals surface area contributed by atoms with Crippen LogP contribution in [0.2, 0.25) is 5.15 Å². The maximum Gasteiger partial charge on any atom is 0.407 e. The van der Waals surface area contributed by atoms with E-state index < -0.39 is 18.1 Å². The molecule has 4 aromatic rings. The van der Waals surface area contributed by atoms with Crippen LogP contribution in [0.5, 0.6) is 0 Å². The van der Waals surface area contributed by atoms with Gasteiger partial charge >= 0.3 is 12.1 Å². The number of fused-ring (bicyclic) bond motifs is 3. The van der Waals surface area contributed by atoms with Crippen molar-refractivity contribution in [3.8, 4) is 16.8 Å². The van der Waals surface area contributed by atoms with Gasteiger partial charge in [0.1, 0.15) is 12.6 Å². The van der Waals surface area contributed by atoms with Gasteiger partial charge in [0.25, 0.3) is 0 Å². The van der Waals surface area contributed by atoms with Crippen LogP contribution in [0.4, 0.5) is 4.79 Å². The summed E-state index contributed by atoms with van der Waals surface area (Å²) in [5.74, 6) is -1.27. The van der Waals surface area contributed by atoms with Crippen LogP contribution in [0.3, 0.4) is 0 Å². The fourth-order valence-electron chi connectivity index (χ4n) is 4.57. The number of pyridine rings is 1. The monoisotopic (exact) mass is 487 g/mol. The van der Waals surface area contributed by atoms with Gasteiger partial charge in [-0.25, -0.2) is 14.6 Å². The van der Waals surface area contributed by atoms with Crippen LogP contribution in [0.25, 0.3) is 16.8 Å². The van der Waals surface area contributed by atoms with E-state index in [0.717, 1.165) is 22.3 Å². The Morgan fingerprint density at radius 2 is 1.69 bits per heavy atom. The number of aliphatic carboxylic acids is 1. The zero-order chi connectivity index (χ0) is 24.4. The topological polar surface area (TPSA) is 93.5 Å². The quantitative estimate of drug-likeness (QED) is 0.355. The number of halogens is 1. The number of nitrogens with one attached hydrogen (secondary N) is 1. The lowest BCUT2D eigenvalue weighted by molar-refractivity contribution is -0.139. The number of hydrogen-bond donors (Lipinski definition) is 2. The average Bonchev–Trinajstić information content (AvgIpc) is 3.45. The van der Waals surface area contributed by atoms with Crippen molar-refractivity contribution < 1.29 is 19.4 Å². The van der Waals surface area contributed by atoms with Gasteiger partial charge in [0.05, 0.1) is 5.69 Å². The molecule has 0 saturated heterocycles. The molecule has 0 bridgehead atoms. The molecule has 0 fully saturated rings. The number of carboxylic acid groups (broad SMARTS) is 1. The summed E-state index contributed by atoms with van der Waals surface area (Å²) in [5.41, 5.74) is 5.70. The first-order chi connectivity index (χ1) is 17.0. The van der Waals surface area contributed by atoms with Crippen LogP contribution in [0, 0.1) is 0 Å². The van der Waals surface area contributed by atoms with Gasteiger partial charge in [-0.05, 0) is 46.5 Å². The summed E-state index contributed by atoms with van der Waals surface area (Å²) in [6.45, 7) is 0.105. The number of amides is 1. The predicted octanol–water partition coefficient (Wildman–Crippen LogP) is 5.06. The van der Waals surface area contributed by atoms with Crippen LogP contribution in [-0.2, 0) is 16.0 Å². The molecule has 2 aromatic carbocycles. The minimum atomic E-state index is -1.19. The molecule has 2 N–H and O–H groups in total. The maximum atomic E-state index is 12.6. The van der Waals surface area contributed by atoms with Crippen molar-refractivity contribution in [3.63, 3.8) is 0 Å². The highest BCUT2D eigenvalue weighted by Gasteiger charge is 2.30. The summed E-state index contributed by atoms with van der Waals surface area (Å²) in [7, 11) is 0. The van der Waals surface area contributed by atoms with Crippen molar-refractivity contribution in [2.24, 2.45) is 0 Å². The Kier molecular flexibility index (Phi) is 6.25. The molecule has 1 amide bonds. The highest BCUT2D eigenvalue weighted by molar-refractivity contribution is 6.31. The van der Waals surface area contributed by atoms with Gasteiger partial charge in [-0.2, -0.15) is 0 Å². The minimum Gasteiger partial charge on any atom is -0.480 e. The van der Waals surface area contributed by atoms with E-state index in [1.807, 2.05) is 36.4 Å². The third-order valence-corrected chi connectivity index (χ3v) is 6.47. The van der Waals surface area contributed by atoms with Crippen LogP contribution in [0.1, 0.15) is 22.7 Å². The standard InChI is InChI=1S/C27H22ClN3O4/c28-25-24(12-5-13-29-25)31-14-6-7-17(31)15-23(26(32)33)30-27(34)35-16-22-20-10-3-1-8-18(20)19-9-2-4-11-21(19)22/h1-14,22-23H,15-16H2,(H,30,34)(H,32,33). The first kappa shape index (κ1) is 22.7. The summed E-state index contributed by atoms with van der Waals surface area (Å²) >= 11 is 6.21. The van der Waals surface area contributed by atoms with E-state index in [1.165, 1.54) is 0 Å². The summed E-state index contributed by atoms with van der Waals surface area (Å²) in [4.78, 5) is 28.7. The fraction of sp³-hybridized carbons (Fsp3) is 0.148. The Hall–Kier alpha value is -4.10. The first-order valence-corrected chi connectivity index (χ1v) is 11.5.